The fourth-order valence-electron chi connectivity index (χ4n) is 2.01. The second kappa shape index (κ2) is 6.91. The van der Waals surface area contributed by atoms with Crippen molar-refractivity contribution in [2.75, 3.05) is 32.5 Å². The maximum absolute atomic E-state index is 9.16. The molecule has 1 heterocycles. The Morgan fingerprint density at radius 3 is 2.86 bits per heavy atom. The van der Waals surface area contributed by atoms with Crippen molar-refractivity contribution in [2.24, 2.45) is 0 Å². The lowest BCUT2D eigenvalue weighted by Gasteiger charge is -2.09. The van der Waals surface area contributed by atoms with Gasteiger partial charge >= 0.3 is 0 Å². The minimum Gasteiger partial charge on any atom is -0.419 e. The van der Waals surface area contributed by atoms with Gasteiger partial charge in [-0.1, -0.05) is 17.7 Å². The number of aromatic nitrogens is 1. The van der Waals surface area contributed by atoms with E-state index in [4.69, 9.17) is 9.68 Å². The van der Waals surface area contributed by atoms with E-state index in [1.807, 2.05) is 45.3 Å². The summed E-state index contributed by atoms with van der Waals surface area (Å²) < 4.78 is 5.70. The van der Waals surface area contributed by atoms with Crippen molar-refractivity contribution in [1.29, 1.82) is 5.26 Å². The lowest BCUT2D eigenvalue weighted by atomic mass is 10.1. The molecule has 0 unspecified atom stereocenters. The second-order valence-electron chi connectivity index (χ2n) is 5.26. The number of anilines is 1. The molecule has 0 atom stereocenters. The van der Waals surface area contributed by atoms with Gasteiger partial charge in [-0.25, -0.2) is 0 Å². The first-order chi connectivity index (χ1) is 10.1. The van der Waals surface area contributed by atoms with E-state index in [0.717, 1.165) is 30.6 Å². The van der Waals surface area contributed by atoms with Gasteiger partial charge in [0.1, 0.15) is 6.07 Å². The smallest absolute Gasteiger partial charge is 0.232 e. The van der Waals surface area contributed by atoms with E-state index < -0.39 is 0 Å². The number of hydrogen-bond acceptors (Lipinski definition) is 5. The summed E-state index contributed by atoms with van der Waals surface area (Å²) in [6.07, 6.45) is 0.971. The van der Waals surface area contributed by atoms with E-state index >= 15 is 0 Å². The quantitative estimate of drug-likeness (QED) is 0.826. The molecule has 2 rings (SSSR count). The van der Waals surface area contributed by atoms with Crippen LogP contribution in [0.2, 0.25) is 0 Å². The minimum atomic E-state index is 0.302. The summed E-state index contributed by atoms with van der Waals surface area (Å²) in [7, 11) is 4.07. The first-order valence-corrected chi connectivity index (χ1v) is 6.96. The van der Waals surface area contributed by atoms with Crippen molar-refractivity contribution < 1.29 is 4.42 Å². The topological polar surface area (TPSA) is 65.1 Å². The van der Waals surface area contributed by atoms with Gasteiger partial charge in [0.2, 0.25) is 17.5 Å². The Morgan fingerprint density at radius 1 is 1.38 bits per heavy atom. The highest BCUT2D eigenvalue weighted by atomic mass is 16.4. The van der Waals surface area contributed by atoms with Crippen molar-refractivity contribution in [3.63, 3.8) is 0 Å². The average Bonchev–Trinajstić information content (AvgIpc) is 2.86. The first-order valence-electron chi connectivity index (χ1n) is 6.96. The SMILES string of the molecule is Cc1cccc(-c2nc(C#N)c(NCCCN(C)C)o2)c1. The van der Waals surface area contributed by atoms with E-state index in [9.17, 15) is 0 Å². The Morgan fingerprint density at radius 2 is 2.19 bits per heavy atom. The van der Waals surface area contributed by atoms with Crippen LogP contribution in [0.5, 0.6) is 0 Å². The molecule has 1 aromatic carbocycles. The highest BCUT2D eigenvalue weighted by Gasteiger charge is 2.14. The third-order valence-electron chi connectivity index (χ3n) is 3.07. The molecule has 0 radical (unpaired) electrons. The predicted molar refractivity (Wildman–Crippen MR) is 83.1 cm³/mol. The lowest BCUT2D eigenvalue weighted by Crippen LogP contribution is -2.16. The number of nitrogens with one attached hydrogen (secondary N) is 1. The number of nitrogens with zero attached hydrogens (tertiary/aromatic N) is 3. The molecular formula is C16H20N4O. The Balaban J connectivity index is 2.11. The molecule has 1 aromatic heterocycles. The van der Waals surface area contributed by atoms with Crippen LogP contribution in [-0.4, -0.2) is 37.1 Å². The van der Waals surface area contributed by atoms with E-state index in [2.05, 4.69) is 21.3 Å². The largest absolute Gasteiger partial charge is 0.419 e. The zero-order valence-corrected chi connectivity index (χ0v) is 12.7. The van der Waals surface area contributed by atoms with E-state index in [1.54, 1.807) is 0 Å². The van der Waals surface area contributed by atoms with Gasteiger partial charge in [-0.2, -0.15) is 10.2 Å². The van der Waals surface area contributed by atoms with Gasteiger partial charge in [0, 0.05) is 12.1 Å². The maximum atomic E-state index is 9.16. The minimum absolute atomic E-state index is 0.302. The highest BCUT2D eigenvalue weighted by molar-refractivity contribution is 5.59. The normalized spacial score (nSPS) is 10.6. The van der Waals surface area contributed by atoms with Crippen LogP contribution < -0.4 is 5.32 Å². The molecule has 0 saturated carbocycles. The fourth-order valence-corrected chi connectivity index (χ4v) is 2.01. The summed E-state index contributed by atoms with van der Waals surface area (Å²) in [5.41, 5.74) is 2.31. The molecule has 21 heavy (non-hydrogen) atoms. The van der Waals surface area contributed by atoms with Gasteiger partial charge in [-0.15, -0.1) is 0 Å². The van der Waals surface area contributed by atoms with E-state index in [-0.39, 0.29) is 0 Å². The van der Waals surface area contributed by atoms with Gasteiger partial charge in [-0.3, -0.25) is 0 Å². The summed E-state index contributed by atoms with van der Waals surface area (Å²) >= 11 is 0. The molecule has 110 valence electrons. The molecule has 2 aromatic rings. The van der Waals surface area contributed by atoms with Gasteiger partial charge in [0.15, 0.2) is 0 Å². The number of hydrogen-bond donors (Lipinski definition) is 1. The Hall–Kier alpha value is -2.32. The van der Waals surface area contributed by atoms with Crippen LogP contribution in [-0.2, 0) is 0 Å². The van der Waals surface area contributed by atoms with Crippen molar-refractivity contribution in [3.8, 4) is 17.5 Å². The summed E-state index contributed by atoms with van der Waals surface area (Å²) in [4.78, 5) is 6.37. The second-order valence-corrected chi connectivity index (χ2v) is 5.26. The molecular weight excluding hydrogens is 264 g/mol. The van der Waals surface area contributed by atoms with Crippen LogP contribution in [0.15, 0.2) is 28.7 Å². The summed E-state index contributed by atoms with van der Waals surface area (Å²) in [5, 5.41) is 12.3. The van der Waals surface area contributed by atoms with Gasteiger partial charge < -0.3 is 14.6 Å². The van der Waals surface area contributed by atoms with Crippen molar-refractivity contribution in [2.45, 2.75) is 13.3 Å². The molecule has 0 aliphatic heterocycles. The zero-order valence-electron chi connectivity index (χ0n) is 12.7. The molecule has 0 saturated heterocycles. The number of benzene rings is 1. The van der Waals surface area contributed by atoms with E-state index in [0.29, 0.717) is 17.5 Å². The Labute approximate surface area is 125 Å². The fraction of sp³-hybridized carbons (Fsp3) is 0.375. The van der Waals surface area contributed by atoms with Gasteiger partial charge in [0.05, 0.1) is 0 Å². The van der Waals surface area contributed by atoms with Gasteiger partial charge in [-0.05, 0) is 46.1 Å². The van der Waals surface area contributed by atoms with Crippen LogP contribution in [0.4, 0.5) is 5.88 Å². The molecule has 0 aliphatic rings. The van der Waals surface area contributed by atoms with Crippen molar-refractivity contribution in [3.05, 3.63) is 35.5 Å². The van der Waals surface area contributed by atoms with Crippen LogP contribution in [0, 0.1) is 18.3 Å². The third kappa shape index (κ3) is 4.07. The molecule has 1 N–H and O–H groups in total. The van der Waals surface area contributed by atoms with Crippen LogP contribution in [0.3, 0.4) is 0 Å². The lowest BCUT2D eigenvalue weighted by molar-refractivity contribution is 0.404. The monoisotopic (exact) mass is 284 g/mol. The molecule has 0 amide bonds. The number of rotatable bonds is 6. The third-order valence-corrected chi connectivity index (χ3v) is 3.07. The molecule has 5 nitrogen and oxygen atoms in total. The Kier molecular flexibility index (Phi) is 4.96. The standard InChI is InChI=1S/C16H20N4O/c1-12-6-4-7-13(10-12)15-19-14(11-17)16(21-15)18-8-5-9-20(2)3/h4,6-7,10,18H,5,8-9H2,1-3H3. The summed E-state index contributed by atoms with van der Waals surface area (Å²) in [5.74, 6) is 0.929. The number of nitriles is 1. The van der Waals surface area contributed by atoms with Crippen LogP contribution in [0.1, 0.15) is 17.7 Å². The molecule has 5 heteroatoms. The zero-order chi connectivity index (χ0) is 15.2. The molecule has 0 fully saturated rings. The Bertz CT molecular complexity index is 640. The summed E-state index contributed by atoms with van der Waals surface area (Å²) in [6, 6.07) is 9.95. The van der Waals surface area contributed by atoms with Crippen LogP contribution in [0.25, 0.3) is 11.5 Å². The van der Waals surface area contributed by atoms with E-state index in [1.165, 1.54) is 0 Å². The van der Waals surface area contributed by atoms with Crippen molar-refractivity contribution in [1.82, 2.24) is 9.88 Å². The maximum Gasteiger partial charge on any atom is 0.232 e. The number of oxazole rings is 1. The average molecular weight is 284 g/mol. The van der Waals surface area contributed by atoms with Gasteiger partial charge in [0.25, 0.3) is 0 Å². The van der Waals surface area contributed by atoms with Crippen molar-refractivity contribution >= 4 is 5.88 Å². The predicted octanol–water partition coefficient (Wildman–Crippen LogP) is 2.89. The molecule has 0 spiro atoms. The molecule has 0 aliphatic carbocycles. The summed E-state index contributed by atoms with van der Waals surface area (Å²) in [6.45, 7) is 3.74. The number of aryl methyl sites for hydroxylation is 1. The van der Waals surface area contributed by atoms with Crippen LogP contribution >= 0.6 is 0 Å². The first kappa shape index (κ1) is 15.1. The highest BCUT2D eigenvalue weighted by Crippen LogP contribution is 2.25. The molecule has 0 bridgehead atoms.